The topological polar surface area (TPSA) is 32.3 Å². The van der Waals surface area contributed by atoms with Gasteiger partial charge in [-0.2, -0.15) is 0 Å². The fourth-order valence-electron chi connectivity index (χ4n) is 1.13. The number of piperidine rings is 1. The molecule has 1 aliphatic heterocycles. The third-order valence-electron chi connectivity index (χ3n) is 1.60. The number of nitrogens with zero attached hydrogens (tertiary/aromatic N) is 1. The highest BCUT2D eigenvalue weighted by molar-refractivity contribution is 6.62. The Balaban J connectivity index is 2.19. The summed E-state index contributed by atoms with van der Waals surface area (Å²) in [5, 5.41) is 1.38. The Kier molecular flexibility index (Phi) is 2.96. The van der Waals surface area contributed by atoms with Crippen LogP contribution in [0.2, 0.25) is 0 Å². The molecule has 0 radical (unpaired) electrons. The predicted octanol–water partition coefficient (Wildman–Crippen LogP) is 1.34. The van der Waals surface area contributed by atoms with Gasteiger partial charge in [0.15, 0.2) is 0 Å². The van der Waals surface area contributed by atoms with Crippen molar-refractivity contribution in [3.63, 3.8) is 0 Å². The van der Waals surface area contributed by atoms with Crippen LogP contribution in [0.15, 0.2) is 0 Å². The van der Waals surface area contributed by atoms with Crippen molar-refractivity contribution in [2.75, 3.05) is 13.1 Å². The van der Waals surface area contributed by atoms with E-state index < -0.39 is 5.37 Å². The van der Waals surface area contributed by atoms with Crippen LogP contribution >= 0.6 is 11.6 Å². The van der Waals surface area contributed by atoms with E-state index in [1.807, 2.05) is 5.01 Å². The van der Waals surface area contributed by atoms with Crippen molar-refractivity contribution >= 4 is 17.0 Å². The summed E-state index contributed by atoms with van der Waals surface area (Å²) in [6, 6.07) is 0. The van der Waals surface area contributed by atoms with E-state index in [0.717, 1.165) is 25.9 Å². The van der Waals surface area contributed by atoms with Gasteiger partial charge in [0.25, 0.3) is 0 Å². The van der Waals surface area contributed by atoms with Gasteiger partial charge in [-0.05, 0) is 24.4 Å². The molecule has 0 aromatic heterocycles. The van der Waals surface area contributed by atoms with Crippen LogP contribution in [0.25, 0.3) is 0 Å². The van der Waals surface area contributed by atoms with Crippen molar-refractivity contribution in [2.45, 2.75) is 19.3 Å². The van der Waals surface area contributed by atoms with Crippen molar-refractivity contribution < 1.29 is 4.79 Å². The van der Waals surface area contributed by atoms with Crippen LogP contribution in [0.4, 0.5) is 4.79 Å². The van der Waals surface area contributed by atoms with E-state index in [0.29, 0.717) is 0 Å². The van der Waals surface area contributed by atoms with Crippen LogP contribution in [0.1, 0.15) is 19.3 Å². The molecule has 10 heavy (non-hydrogen) atoms. The Labute approximate surface area is 65.3 Å². The molecule has 0 aliphatic carbocycles. The summed E-state index contributed by atoms with van der Waals surface area (Å²) in [7, 11) is 0. The van der Waals surface area contributed by atoms with Crippen LogP contribution in [0, 0.1) is 0 Å². The maximum absolute atomic E-state index is 10.3. The summed E-state index contributed by atoms with van der Waals surface area (Å²) >= 11 is 5.12. The molecule has 1 fully saturated rings. The summed E-state index contributed by atoms with van der Waals surface area (Å²) in [5.41, 5.74) is 2.54. The first kappa shape index (κ1) is 7.82. The molecule has 1 heterocycles. The van der Waals surface area contributed by atoms with Crippen LogP contribution in [0.3, 0.4) is 0 Å². The summed E-state index contributed by atoms with van der Waals surface area (Å²) in [6.07, 6.45) is 3.56. The first-order valence-electron chi connectivity index (χ1n) is 3.50. The number of hydrogen-bond donors (Lipinski definition) is 1. The second-order valence-corrected chi connectivity index (χ2v) is 2.78. The van der Waals surface area contributed by atoms with E-state index in [9.17, 15) is 4.79 Å². The highest BCUT2D eigenvalue weighted by Gasteiger charge is 2.10. The third kappa shape index (κ3) is 2.54. The van der Waals surface area contributed by atoms with Gasteiger partial charge in [0.2, 0.25) is 0 Å². The Morgan fingerprint density at radius 3 is 2.40 bits per heavy atom. The van der Waals surface area contributed by atoms with Crippen LogP contribution in [-0.4, -0.2) is 23.5 Å². The fraction of sp³-hybridized carbons (Fsp3) is 0.833. The minimum atomic E-state index is -0.484. The molecule has 0 spiro atoms. The van der Waals surface area contributed by atoms with Crippen molar-refractivity contribution in [3.8, 4) is 0 Å². The summed E-state index contributed by atoms with van der Waals surface area (Å²) in [5.74, 6) is 0. The molecular formula is C6H11ClN2O. The zero-order valence-electron chi connectivity index (χ0n) is 5.77. The summed E-state index contributed by atoms with van der Waals surface area (Å²) < 4.78 is 0. The Hall–Kier alpha value is -0.280. The molecule has 1 rings (SSSR count). The van der Waals surface area contributed by atoms with Gasteiger partial charge in [0.1, 0.15) is 0 Å². The number of amides is 1. The van der Waals surface area contributed by atoms with Gasteiger partial charge in [0, 0.05) is 13.1 Å². The van der Waals surface area contributed by atoms with Gasteiger partial charge in [-0.25, -0.2) is 5.01 Å². The maximum Gasteiger partial charge on any atom is 0.328 e. The van der Waals surface area contributed by atoms with Gasteiger partial charge < -0.3 is 0 Å². The van der Waals surface area contributed by atoms with Crippen LogP contribution in [0.5, 0.6) is 0 Å². The lowest BCUT2D eigenvalue weighted by molar-refractivity contribution is 0.167. The lowest BCUT2D eigenvalue weighted by atomic mass is 10.2. The number of nitrogens with one attached hydrogen (secondary N) is 1. The van der Waals surface area contributed by atoms with E-state index in [1.54, 1.807) is 0 Å². The third-order valence-corrected chi connectivity index (χ3v) is 1.69. The lowest BCUT2D eigenvalue weighted by Crippen LogP contribution is -2.42. The minimum Gasteiger partial charge on any atom is -0.275 e. The summed E-state index contributed by atoms with van der Waals surface area (Å²) in [6.45, 7) is 1.86. The first-order chi connectivity index (χ1) is 4.79. The van der Waals surface area contributed by atoms with E-state index in [1.165, 1.54) is 6.42 Å². The molecule has 1 saturated heterocycles. The lowest BCUT2D eigenvalue weighted by Gasteiger charge is -2.25. The highest BCUT2D eigenvalue weighted by Crippen LogP contribution is 2.05. The molecule has 3 nitrogen and oxygen atoms in total. The zero-order chi connectivity index (χ0) is 7.40. The second kappa shape index (κ2) is 3.78. The molecule has 1 amide bonds. The van der Waals surface area contributed by atoms with Crippen LogP contribution < -0.4 is 5.43 Å². The summed E-state index contributed by atoms with van der Waals surface area (Å²) in [4.78, 5) is 10.3. The SMILES string of the molecule is O=C(Cl)NN1CCCCC1. The molecule has 58 valence electrons. The highest BCUT2D eigenvalue weighted by atomic mass is 35.5. The molecule has 0 saturated carbocycles. The van der Waals surface area contributed by atoms with Crippen molar-refractivity contribution in [1.82, 2.24) is 10.4 Å². The number of carbonyl (C=O) groups is 1. The number of hydrogen-bond acceptors (Lipinski definition) is 2. The van der Waals surface area contributed by atoms with Crippen molar-refractivity contribution in [3.05, 3.63) is 0 Å². The monoisotopic (exact) mass is 162 g/mol. The molecular weight excluding hydrogens is 152 g/mol. The van der Waals surface area contributed by atoms with E-state index >= 15 is 0 Å². The Morgan fingerprint density at radius 2 is 1.90 bits per heavy atom. The van der Waals surface area contributed by atoms with Gasteiger partial charge in [-0.1, -0.05) is 6.42 Å². The molecule has 0 aromatic carbocycles. The smallest absolute Gasteiger partial charge is 0.275 e. The number of carbonyl (C=O) groups excluding carboxylic acids is 1. The first-order valence-corrected chi connectivity index (χ1v) is 3.88. The Bertz CT molecular complexity index is 123. The molecule has 0 aromatic rings. The molecule has 0 atom stereocenters. The quantitative estimate of drug-likeness (QED) is 0.466. The molecule has 1 aliphatic rings. The average molecular weight is 163 g/mol. The largest absolute Gasteiger partial charge is 0.328 e. The van der Waals surface area contributed by atoms with E-state index in [2.05, 4.69) is 5.43 Å². The molecule has 4 heteroatoms. The second-order valence-electron chi connectivity index (χ2n) is 2.43. The molecule has 0 bridgehead atoms. The molecule has 0 unspecified atom stereocenters. The van der Waals surface area contributed by atoms with Gasteiger partial charge in [-0.15, -0.1) is 0 Å². The van der Waals surface area contributed by atoms with Gasteiger partial charge in [-0.3, -0.25) is 10.2 Å². The van der Waals surface area contributed by atoms with E-state index in [4.69, 9.17) is 11.6 Å². The number of halogens is 1. The predicted molar refractivity (Wildman–Crippen MR) is 39.8 cm³/mol. The standard InChI is InChI=1S/C6H11ClN2O/c7-6(10)8-9-4-2-1-3-5-9/h1-5H2,(H,8,10). The fourth-order valence-corrected chi connectivity index (χ4v) is 1.25. The Morgan fingerprint density at radius 1 is 1.30 bits per heavy atom. The number of rotatable bonds is 1. The maximum atomic E-state index is 10.3. The van der Waals surface area contributed by atoms with Crippen LogP contribution in [-0.2, 0) is 0 Å². The average Bonchev–Trinajstić information content (AvgIpc) is 1.88. The van der Waals surface area contributed by atoms with E-state index in [-0.39, 0.29) is 0 Å². The van der Waals surface area contributed by atoms with Crippen molar-refractivity contribution in [2.24, 2.45) is 0 Å². The van der Waals surface area contributed by atoms with Gasteiger partial charge in [0.05, 0.1) is 0 Å². The molecule has 1 N–H and O–H groups in total. The number of hydrazine groups is 1. The zero-order valence-corrected chi connectivity index (χ0v) is 6.52. The van der Waals surface area contributed by atoms with Gasteiger partial charge >= 0.3 is 5.37 Å². The van der Waals surface area contributed by atoms with Crippen molar-refractivity contribution in [1.29, 1.82) is 0 Å². The normalized spacial score (nSPS) is 20.5. The minimum absolute atomic E-state index is 0.484.